The molecule has 0 saturated heterocycles. The highest BCUT2D eigenvalue weighted by molar-refractivity contribution is 5.76. The van der Waals surface area contributed by atoms with Gasteiger partial charge in [-0.15, -0.1) is 0 Å². The van der Waals surface area contributed by atoms with Crippen LogP contribution >= 0.6 is 0 Å². The Morgan fingerprint density at radius 3 is 2.55 bits per heavy atom. The lowest BCUT2D eigenvalue weighted by Gasteiger charge is -2.14. The maximum Gasteiger partial charge on any atom is 0.416 e. The summed E-state index contributed by atoms with van der Waals surface area (Å²) in [6.45, 7) is 2.06. The minimum Gasteiger partial charge on any atom is -0.459 e. The van der Waals surface area contributed by atoms with Crippen molar-refractivity contribution < 1.29 is 22.7 Å². The number of alkyl halides is 3. The van der Waals surface area contributed by atoms with Crippen LogP contribution in [0.3, 0.4) is 0 Å². The molecular formula is C28H23F3N4O3. The fourth-order valence-electron chi connectivity index (χ4n) is 4.23. The number of esters is 1. The van der Waals surface area contributed by atoms with Crippen LogP contribution in [0.15, 0.2) is 77.9 Å². The van der Waals surface area contributed by atoms with E-state index < -0.39 is 23.3 Å². The van der Waals surface area contributed by atoms with Crippen LogP contribution in [0.1, 0.15) is 34.5 Å². The van der Waals surface area contributed by atoms with Gasteiger partial charge in [-0.3, -0.25) is 9.59 Å². The lowest BCUT2D eigenvalue weighted by molar-refractivity contribution is -0.145. The molecule has 0 aliphatic rings. The smallest absolute Gasteiger partial charge is 0.416 e. The van der Waals surface area contributed by atoms with E-state index in [0.29, 0.717) is 5.69 Å². The van der Waals surface area contributed by atoms with Crippen LogP contribution in [0, 0.1) is 6.92 Å². The Balaban J connectivity index is 1.37. The minimum atomic E-state index is -4.56. The number of fused-ring (bicyclic) bond motifs is 2. The van der Waals surface area contributed by atoms with Crippen molar-refractivity contribution in [3.8, 4) is 0 Å². The van der Waals surface area contributed by atoms with Crippen molar-refractivity contribution in [1.29, 1.82) is 0 Å². The van der Waals surface area contributed by atoms with E-state index >= 15 is 0 Å². The number of carbonyl (C=O) groups excluding carboxylic acids is 1. The predicted molar refractivity (Wildman–Crippen MR) is 135 cm³/mol. The zero-order valence-electron chi connectivity index (χ0n) is 20.4. The lowest BCUT2D eigenvalue weighted by Crippen LogP contribution is -2.27. The molecule has 0 atom stereocenters. The summed E-state index contributed by atoms with van der Waals surface area (Å²) in [4.78, 5) is 34.4. The van der Waals surface area contributed by atoms with E-state index in [0.717, 1.165) is 28.9 Å². The highest BCUT2D eigenvalue weighted by Gasteiger charge is 2.31. The van der Waals surface area contributed by atoms with E-state index in [-0.39, 0.29) is 42.7 Å². The summed E-state index contributed by atoms with van der Waals surface area (Å²) in [5.41, 5.74) is 2.11. The van der Waals surface area contributed by atoms with Gasteiger partial charge in [0.25, 0.3) is 5.56 Å². The van der Waals surface area contributed by atoms with Gasteiger partial charge in [0.15, 0.2) is 0 Å². The van der Waals surface area contributed by atoms with Gasteiger partial charge in [-0.2, -0.15) is 13.2 Å². The number of imidazole rings is 1. The second-order valence-electron chi connectivity index (χ2n) is 9.00. The molecule has 2 aromatic carbocycles. The van der Waals surface area contributed by atoms with Crippen molar-refractivity contribution in [1.82, 2.24) is 18.9 Å². The topological polar surface area (TPSA) is 78.5 Å². The molecule has 0 aliphatic carbocycles. The molecule has 0 bridgehead atoms. The number of nitrogens with zero attached hydrogens (tertiary/aromatic N) is 4. The van der Waals surface area contributed by atoms with E-state index in [2.05, 4.69) is 9.97 Å². The van der Waals surface area contributed by atoms with Crippen LogP contribution in [-0.4, -0.2) is 24.9 Å². The Kier molecular flexibility index (Phi) is 6.71. The summed E-state index contributed by atoms with van der Waals surface area (Å²) in [5.74, 6) is -0.571. The van der Waals surface area contributed by atoms with Gasteiger partial charge in [-0.1, -0.05) is 36.4 Å². The fraction of sp³-hybridized carbons (Fsp3) is 0.214. The van der Waals surface area contributed by atoms with Gasteiger partial charge in [0.2, 0.25) is 0 Å². The first-order valence-electron chi connectivity index (χ1n) is 11.9. The molecule has 0 fully saturated rings. The molecule has 0 radical (unpaired) electrons. The Morgan fingerprint density at radius 1 is 1.00 bits per heavy atom. The maximum atomic E-state index is 13.3. The van der Waals surface area contributed by atoms with Crippen molar-refractivity contribution in [3.63, 3.8) is 0 Å². The van der Waals surface area contributed by atoms with Gasteiger partial charge in [0.1, 0.15) is 17.9 Å². The first kappa shape index (κ1) is 25.2. The molecule has 0 N–H and O–H groups in total. The lowest BCUT2D eigenvalue weighted by atomic mass is 10.1. The van der Waals surface area contributed by atoms with Gasteiger partial charge >= 0.3 is 12.1 Å². The Bertz CT molecular complexity index is 1690. The van der Waals surface area contributed by atoms with Crippen molar-refractivity contribution in [2.24, 2.45) is 0 Å². The van der Waals surface area contributed by atoms with E-state index in [1.165, 1.54) is 10.6 Å². The van der Waals surface area contributed by atoms with E-state index in [9.17, 15) is 22.8 Å². The second-order valence-corrected chi connectivity index (χ2v) is 9.00. The normalized spacial score (nSPS) is 11.8. The average Bonchev–Trinajstić information content (AvgIpc) is 3.30. The standard InChI is InChI=1S/C28H23F3N4O3/c1-18-7-11-25-32-21(16-34(25)14-18)17-38-26(36)12-9-22-27(37)35(15-19-5-3-2-4-6-19)24-10-8-20(28(29,30)31)13-23(24)33-22/h2-8,10-11,13-14,16H,9,12,15,17H2,1H3. The van der Waals surface area contributed by atoms with Crippen molar-refractivity contribution >= 4 is 22.6 Å². The van der Waals surface area contributed by atoms with Crippen molar-refractivity contribution in [2.45, 2.75) is 39.1 Å². The highest BCUT2D eigenvalue weighted by Crippen LogP contribution is 2.31. The van der Waals surface area contributed by atoms with E-state index in [4.69, 9.17) is 4.74 Å². The molecule has 3 aromatic heterocycles. The zero-order chi connectivity index (χ0) is 26.9. The molecule has 194 valence electrons. The number of ether oxygens (including phenoxy) is 1. The number of aromatic nitrogens is 4. The van der Waals surface area contributed by atoms with Crippen LogP contribution < -0.4 is 5.56 Å². The van der Waals surface area contributed by atoms with Gasteiger partial charge in [0.05, 0.1) is 35.3 Å². The SMILES string of the molecule is Cc1ccc2nc(COC(=O)CCc3nc4cc(C(F)(F)F)ccc4n(Cc4ccccc4)c3=O)cn2c1. The molecule has 5 aromatic rings. The minimum absolute atomic E-state index is 0.00656. The first-order valence-corrected chi connectivity index (χ1v) is 11.9. The molecule has 3 heterocycles. The fourth-order valence-corrected chi connectivity index (χ4v) is 4.23. The van der Waals surface area contributed by atoms with Crippen LogP contribution in [-0.2, 0) is 35.3 Å². The molecule has 0 unspecified atom stereocenters. The van der Waals surface area contributed by atoms with Crippen molar-refractivity contribution in [3.05, 3.63) is 111 Å². The van der Waals surface area contributed by atoms with Crippen LogP contribution in [0.5, 0.6) is 0 Å². The summed E-state index contributed by atoms with van der Waals surface area (Å²) in [6, 6.07) is 16.0. The molecule has 7 nitrogen and oxygen atoms in total. The number of pyridine rings is 1. The maximum absolute atomic E-state index is 13.3. The van der Waals surface area contributed by atoms with Crippen LogP contribution in [0.4, 0.5) is 13.2 Å². The Hall–Kier alpha value is -4.47. The number of aryl methyl sites for hydroxylation is 2. The quantitative estimate of drug-likeness (QED) is 0.279. The number of rotatable bonds is 7. The first-order chi connectivity index (χ1) is 18.2. The summed E-state index contributed by atoms with van der Waals surface area (Å²) < 4.78 is 48.6. The van der Waals surface area contributed by atoms with E-state index in [1.807, 2.05) is 60.0 Å². The number of hydrogen-bond acceptors (Lipinski definition) is 5. The molecular weight excluding hydrogens is 497 g/mol. The van der Waals surface area contributed by atoms with E-state index in [1.54, 1.807) is 6.20 Å². The Morgan fingerprint density at radius 2 is 1.79 bits per heavy atom. The molecule has 0 aliphatic heterocycles. The van der Waals surface area contributed by atoms with Gasteiger partial charge < -0.3 is 13.7 Å². The predicted octanol–water partition coefficient (Wildman–Crippen LogP) is 5.10. The largest absolute Gasteiger partial charge is 0.459 e. The average molecular weight is 521 g/mol. The van der Waals surface area contributed by atoms with Gasteiger partial charge in [-0.25, -0.2) is 9.97 Å². The third-order valence-corrected chi connectivity index (χ3v) is 6.12. The molecule has 0 saturated carbocycles. The Labute approximate surface area is 215 Å². The summed E-state index contributed by atoms with van der Waals surface area (Å²) >= 11 is 0. The van der Waals surface area contributed by atoms with Crippen LogP contribution in [0.2, 0.25) is 0 Å². The number of benzene rings is 2. The second kappa shape index (κ2) is 10.1. The summed E-state index contributed by atoms with van der Waals surface area (Å²) in [7, 11) is 0. The highest BCUT2D eigenvalue weighted by atomic mass is 19.4. The molecule has 10 heteroatoms. The summed E-state index contributed by atoms with van der Waals surface area (Å²) in [6.07, 6.45) is -1.13. The third kappa shape index (κ3) is 5.44. The molecule has 0 amide bonds. The monoisotopic (exact) mass is 520 g/mol. The van der Waals surface area contributed by atoms with Gasteiger partial charge in [-0.05, 0) is 42.3 Å². The number of hydrogen-bond donors (Lipinski definition) is 0. The number of halogens is 3. The zero-order valence-corrected chi connectivity index (χ0v) is 20.4. The molecule has 5 rings (SSSR count). The number of carbonyl (C=O) groups is 1. The molecule has 0 spiro atoms. The summed E-state index contributed by atoms with van der Waals surface area (Å²) in [5, 5.41) is 0. The molecule has 38 heavy (non-hydrogen) atoms. The third-order valence-electron chi connectivity index (χ3n) is 6.12. The van der Waals surface area contributed by atoms with Crippen LogP contribution in [0.25, 0.3) is 16.7 Å². The van der Waals surface area contributed by atoms with Crippen molar-refractivity contribution in [2.75, 3.05) is 0 Å². The van der Waals surface area contributed by atoms with Gasteiger partial charge in [0, 0.05) is 18.8 Å².